The Morgan fingerprint density at radius 3 is 2.50 bits per heavy atom. The number of halogens is 1. The average molecular weight is 431 g/mol. The van der Waals surface area contributed by atoms with Gasteiger partial charge in [0.05, 0.1) is 6.21 Å². The van der Waals surface area contributed by atoms with Crippen molar-refractivity contribution >= 4 is 41.0 Å². The van der Waals surface area contributed by atoms with Gasteiger partial charge in [0.25, 0.3) is 0 Å². The molecule has 0 atom stereocenters. The van der Waals surface area contributed by atoms with E-state index in [2.05, 4.69) is 20.7 Å². The zero-order valence-electron chi connectivity index (χ0n) is 17.4. The van der Waals surface area contributed by atoms with E-state index in [4.69, 9.17) is 11.6 Å². The minimum Gasteiger partial charge on any atom is -0.507 e. The molecule has 0 radical (unpaired) electrons. The number of carbonyl (C=O) groups excluding carboxylic acids is 2. The molecule has 0 fully saturated rings. The summed E-state index contributed by atoms with van der Waals surface area (Å²) in [6.45, 7) is 7.57. The van der Waals surface area contributed by atoms with Crippen molar-refractivity contribution in [2.24, 2.45) is 5.10 Å². The van der Waals surface area contributed by atoms with Gasteiger partial charge in [-0.15, -0.1) is 0 Å². The van der Waals surface area contributed by atoms with Gasteiger partial charge < -0.3 is 15.3 Å². The van der Waals surface area contributed by atoms with Crippen molar-refractivity contribution in [2.45, 2.75) is 33.6 Å². The molecule has 2 rings (SSSR count). The summed E-state index contributed by atoms with van der Waals surface area (Å²) in [7, 11) is 0. The van der Waals surface area contributed by atoms with Crippen LogP contribution in [0.4, 0.5) is 11.4 Å². The number of aromatic hydroxyl groups is 1. The maximum Gasteiger partial charge on any atom is 0.240 e. The highest BCUT2D eigenvalue weighted by Gasteiger charge is 2.10. The van der Waals surface area contributed by atoms with Crippen molar-refractivity contribution in [3.8, 4) is 5.75 Å². The number of phenols is 1. The SMILES string of the molecule is CCN(CC)c1ccc(/C=N\NC(=O)CCC(=O)Nc2cccc(Cl)c2C)c(O)c1. The van der Waals surface area contributed by atoms with Gasteiger partial charge in [0.2, 0.25) is 11.8 Å². The summed E-state index contributed by atoms with van der Waals surface area (Å²) in [6, 6.07) is 10.5. The lowest BCUT2D eigenvalue weighted by molar-refractivity contribution is -0.124. The smallest absolute Gasteiger partial charge is 0.240 e. The highest BCUT2D eigenvalue weighted by atomic mass is 35.5. The largest absolute Gasteiger partial charge is 0.507 e. The Kier molecular flexibility index (Phi) is 8.68. The molecule has 0 aliphatic rings. The molecule has 2 aromatic carbocycles. The molecule has 0 aromatic heterocycles. The highest BCUT2D eigenvalue weighted by molar-refractivity contribution is 6.31. The van der Waals surface area contributed by atoms with Crippen molar-refractivity contribution in [1.29, 1.82) is 0 Å². The minimum atomic E-state index is -0.400. The summed E-state index contributed by atoms with van der Waals surface area (Å²) >= 11 is 6.03. The number of carbonyl (C=O) groups is 2. The third-order valence-electron chi connectivity index (χ3n) is 4.66. The molecule has 0 saturated carbocycles. The monoisotopic (exact) mass is 430 g/mol. The van der Waals surface area contributed by atoms with Gasteiger partial charge >= 0.3 is 0 Å². The number of amides is 2. The summed E-state index contributed by atoms with van der Waals surface area (Å²) in [5.41, 5.74) is 5.16. The van der Waals surface area contributed by atoms with Gasteiger partial charge in [-0.05, 0) is 50.6 Å². The van der Waals surface area contributed by atoms with Crippen LogP contribution in [0.5, 0.6) is 5.75 Å². The summed E-state index contributed by atoms with van der Waals surface area (Å²) in [5.74, 6) is -0.610. The quantitative estimate of drug-likeness (QED) is 0.413. The van der Waals surface area contributed by atoms with E-state index in [1.807, 2.05) is 26.8 Å². The van der Waals surface area contributed by atoms with Crippen molar-refractivity contribution in [2.75, 3.05) is 23.3 Å². The van der Waals surface area contributed by atoms with Crippen LogP contribution >= 0.6 is 11.6 Å². The van der Waals surface area contributed by atoms with Crippen LogP contribution in [0.25, 0.3) is 0 Å². The summed E-state index contributed by atoms with van der Waals surface area (Å²) in [4.78, 5) is 26.1. The van der Waals surface area contributed by atoms with Gasteiger partial charge in [-0.2, -0.15) is 5.10 Å². The molecule has 0 spiro atoms. The zero-order valence-corrected chi connectivity index (χ0v) is 18.2. The Morgan fingerprint density at radius 1 is 1.13 bits per heavy atom. The molecular formula is C22H27ClN4O3. The van der Waals surface area contributed by atoms with E-state index in [1.54, 1.807) is 30.3 Å². The predicted octanol–water partition coefficient (Wildman–Crippen LogP) is 4.07. The van der Waals surface area contributed by atoms with E-state index in [-0.39, 0.29) is 24.5 Å². The molecule has 2 amide bonds. The number of phenolic OH excluding ortho intramolecular Hbond substituents is 1. The maximum atomic E-state index is 12.0. The average Bonchev–Trinajstić information content (AvgIpc) is 2.72. The Hall–Kier alpha value is -3.06. The third kappa shape index (κ3) is 6.49. The second kappa shape index (κ2) is 11.2. The lowest BCUT2D eigenvalue weighted by Gasteiger charge is -2.21. The normalized spacial score (nSPS) is 10.8. The van der Waals surface area contributed by atoms with E-state index < -0.39 is 5.91 Å². The molecular weight excluding hydrogens is 404 g/mol. The molecule has 0 aliphatic heterocycles. The molecule has 0 saturated heterocycles. The number of nitrogens with one attached hydrogen (secondary N) is 2. The van der Waals surface area contributed by atoms with Crippen LogP contribution in [-0.4, -0.2) is 36.2 Å². The summed E-state index contributed by atoms with van der Waals surface area (Å²) in [5, 5.41) is 17.3. The first-order valence-electron chi connectivity index (χ1n) is 9.80. The molecule has 8 heteroatoms. The van der Waals surface area contributed by atoms with Crippen LogP contribution in [-0.2, 0) is 9.59 Å². The topological polar surface area (TPSA) is 94.0 Å². The molecule has 160 valence electrons. The summed E-state index contributed by atoms with van der Waals surface area (Å²) < 4.78 is 0. The highest BCUT2D eigenvalue weighted by Crippen LogP contribution is 2.24. The number of hydrogen-bond acceptors (Lipinski definition) is 5. The first-order chi connectivity index (χ1) is 14.3. The van der Waals surface area contributed by atoms with Gasteiger partial charge in [0, 0.05) is 54.0 Å². The maximum absolute atomic E-state index is 12.0. The fourth-order valence-electron chi connectivity index (χ4n) is 2.84. The zero-order chi connectivity index (χ0) is 22.1. The molecule has 0 heterocycles. The van der Waals surface area contributed by atoms with Gasteiger partial charge in [-0.3, -0.25) is 9.59 Å². The Labute approximate surface area is 181 Å². The van der Waals surface area contributed by atoms with E-state index in [0.29, 0.717) is 16.3 Å². The molecule has 0 bridgehead atoms. The lowest BCUT2D eigenvalue weighted by Crippen LogP contribution is -2.21. The number of hydrazone groups is 1. The fraction of sp³-hybridized carbons (Fsp3) is 0.318. The third-order valence-corrected chi connectivity index (χ3v) is 5.07. The van der Waals surface area contributed by atoms with E-state index in [1.165, 1.54) is 6.21 Å². The first kappa shape index (κ1) is 23.2. The van der Waals surface area contributed by atoms with Gasteiger partial charge in [-0.1, -0.05) is 17.7 Å². The van der Waals surface area contributed by atoms with Crippen molar-refractivity contribution < 1.29 is 14.7 Å². The van der Waals surface area contributed by atoms with E-state index >= 15 is 0 Å². The lowest BCUT2D eigenvalue weighted by atomic mass is 10.2. The van der Waals surface area contributed by atoms with Crippen LogP contribution in [0.15, 0.2) is 41.5 Å². The molecule has 2 aromatic rings. The van der Waals surface area contributed by atoms with Crippen LogP contribution < -0.4 is 15.6 Å². The molecule has 0 aliphatic carbocycles. The van der Waals surface area contributed by atoms with Crippen molar-refractivity contribution in [3.63, 3.8) is 0 Å². The van der Waals surface area contributed by atoms with E-state index in [9.17, 15) is 14.7 Å². The Morgan fingerprint density at radius 2 is 1.83 bits per heavy atom. The molecule has 3 N–H and O–H groups in total. The van der Waals surface area contributed by atoms with Crippen LogP contribution in [0, 0.1) is 6.92 Å². The number of rotatable bonds is 9. The number of benzene rings is 2. The van der Waals surface area contributed by atoms with Crippen molar-refractivity contribution in [3.05, 3.63) is 52.5 Å². The second-order valence-corrected chi connectivity index (χ2v) is 7.08. The van der Waals surface area contributed by atoms with Gasteiger partial charge in [0.15, 0.2) is 0 Å². The molecule has 30 heavy (non-hydrogen) atoms. The van der Waals surface area contributed by atoms with Crippen LogP contribution in [0.3, 0.4) is 0 Å². The van der Waals surface area contributed by atoms with Crippen molar-refractivity contribution in [1.82, 2.24) is 5.43 Å². The fourth-order valence-corrected chi connectivity index (χ4v) is 3.01. The van der Waals surface area contributed by atoms with Crippen LogP contribution in [0.2, 0.25) is 5.02 Å². The predicted molar refractivity (Wildman–Crippen MR) is 121 cm³/mol. The second-order valence-electron chi connectivity index (χ2n) is 6.67. The van der Waals surface area contributed by atoms with Gasteiger partial charge in [-0.25, -0.2) is 5.43 Å². The Balaban J connectivity index is 1.83. The number of nitrogens with zero attached hydrogens (tertiary/aromatic N) is 2. The standard InChI is InChI=1S/C22H27ClN4O3/c1-4-27(5-2)17-10-9-16(20(28)13-17)14-24-26-22(30)12-11-21(29)25-19-8-6-7-18(23)15(19)3/h6-10,13-14,28H,4-5,11-12H2,1-3H3,(H,25,29)(H,26,30)/b24-14-. The Bertz CT molecular complexity index is 927. The summed E-state index contributed by atoms with van der Waals surface area (Å²) in [6.07, 6.45) is 1.36. The van der Waals surface area contributed by atoms with Crippen LogP contribution in [0.1, 0.15) is 37.8 Å². The number of hydrogen-bond donors (Lipinski definition) is 3. The minimum absolute atomic E-state index is 0.0110. The number of anilines is 2. The van der Waals surface area contributed by atoms with Gasteiger partial charge in [0.1, 0.15) is 5.75 Å². The first-order valence-corrected chi connectivity index (χ1v) is 10.2. The van der Waals surface area contributed by atoms with E-state index in [0.717, 1.165) is 24.3 Å². The molecule has 0 unspecified atom stereocenters. The molecule has 7 nitrogen and oxygen atoms in total.